The van der Waals surface area contributed by atoms with E-state index in [-0.39, 0.29) is 57.7 Å². The lowest BCUT2D eigenvalue weighted by atomic mass is 10.1. The van der Waals surface area contributed by atoms with Crippen LogP contribution >= 0.6 is 0 Å². The highest BCUT2D eigenvalue weighted by molar-refractivity contribution is 7.87. The first-order chi connectivity index (χ1) is 23.7. The zero-order valence-electron chi connectivity index (χ0n) is 26.8. The van der Waals surface area contributed by atoms with Crippen molar-refractivity contribution in [3.8, 4) is 45.8 Å². The van der Waals surface area contributed by atoms with Gasteiger partial charge in [0.1, 0.15) is 29.1 Å². The Bertz CT molecular complexity index is 2270. The number of hydrogen-bond acceptors (Lipinski definition) is 10. The Morgan fingerprint density at radius 3 is 1.90 bits per heavy atom. The second-order valence-electron chi connectivity index (χ2n) is 11.0. The molecule has 0 atom stereocenters. The Morgan fingerprint density at radius 2 is 1.31 bits per heavy atom. The molecule has 0 unspecified atom stereocenters. The number of ether oxygens (including phenoxy) is 4. The lowest BCUT2D eigenvalue weighted by Gasteiger charge is -2.17. The number of methoxy groups -OCH3 is 2. The molecule has 0 saturated heterocycles. The van der Waals surface area contributed by atoms with Crippen LogP contribution in [0.5, 0.6) is 34.5 Å². The van der Waals surface area contributed by atoms with Crippen molar-refractivity contribution in [2.45, 2.75) is 25.0 Å². The number of benzene rings is 5. The van der Waals surface area contributed by atoms with Crippen LogP contribution in [0.25, 0.3) is 22.3 Å². The summed E-state index contributed by atoms with van der Waals surface area (Å²) < 4.78 is 61.8. The monoisotopic (exact) mass is 680 g/mol. The second kappa shape index (κ2) is 14.0. The lowest BCUT2D eigenvalue weighted by Crippen LogP contribution is -2.17. The fourth-order valence-electron chi connectivity index (χ4n) is 5.11. The molecular formula is C38H32O10S. The highest BCUT2D eigenvalue weighted by Crippen LogP contribution is 2.45. The van der Waals surface area contributed by atoms with Crippen molar-refractivity contribution in [2.75, 3.05) is 14.2 Å². The Balaban J connectivity index is 1.49. The average Bonchev–Trinajstić information content (AvgIpc) is 3.11. The molecule has 0 fully saturated rings. The van der Waals surface area contributed by atoms with Crippen molar-refractivity contribution >= 4 is 21.1 Å². The summed E-state index contributed by atoms with van der Waals surface area (Å²) in [7, 11) is -1.79. The first kappa shape index (κ1) is 33.0. The van der Waals surface area contributed by atoms with Crippen LogP contribution < -0.4 is 28.6 Å². The number of hydrogen-bond donors (Lipinski definition) is 1. The summed E-state index contributed by atoms with van der Waals surface area (Å²) in [5.41, 5.74) is 1.78. The van der Waals surface area contributed by atoms with Crippen LogP contribution in [0.3, 0.4) is 0 Å². The van der Waals surface area contributed by atoms with Crippen molar-refractivity contribution in [1.29, 1.82) is 0 Å². The number of aromatic hydroxyl groups is 1. The third-order valence-electron chi connectivity index (χ3n) is 7.64. The van der Waals surface area contributed by atoms with Gasteiger partial charge in [-0.05, 0) is 48.4 Å². The molecule has 0 spiro atoms. The number of fused-ring (bicyclic) bond motifs is 1. The number of rotatable bonds is 12. The van der Waals surface area contributed by atoms with E-state index in [0.717, 1.165) is 16.7 Å². The fourth-order valence-corrected chi connectivity index (χ4v) is 6.04. The van der Waals surface area contributed by atoms with Crippen LogP contribution in [-0.2, 0) is 23.3 Å². The molecule has 0 aliphatic rings. The SMILES string of the molecule is COc1cc(-c2oc3cc(OCc4ccccc4)c(OC)c(O)c3c(=O)c2OS(=O)(=O)c2ccc(C)cc2)ccc1OCc1ccccc1. The molecule has 0 radical (unpaired) electrons. The van der Waals surface area contributed by atoms with Crippen molar-refractivity contribution in [1.82, 2.24) is 0 Å². The van der Waals surface area contributed by atoms with Gasteiger partial charge in [-0.1, -0.05) is 78.4 Å². The van der Waals surface area contributed by atoms with Crippen molar-refractivity contribution in [2.24, 2.45) is 0 Å². The predicted molar refractivity (Wildman–Crippen MR) is 183 cm³/mol. The molecule has 1 aromatic heterocycles. The summed E-state index contributed by atoms with van der Waals surface area (Å²) in [5.74, 6) is -0.891. The number of aryl methyl sites for hydroxylation is 1. The minimum Gasteiger partial charge on any atom is -0.504 e. The van der Waals surface area contributed by atoms with E-state index < -0.39 is 27.0 Å². The molecule has 6 aromatic rings. The highest BCUT2D eigenvalue weighted by atomic mass is 32.2. The van der Waals surface area contributed by atoms with Crippen LogP contribution in [0.2, 0.25) is 0 Å². The third kappa shape index (κ3) is 7.02. The van der Waals surface area contributed by atoms with Gasteiger partial charge in [-0.2, -0.15) is 8.42 Å². The summed E-state index contributed by atoms with van der Waals surface area (Å²) in [6.07, 6.45) is 0. The maximum absolute atomic E-state index is 14.2. The van der Waals surface area contributed by atoms with Gasteiger partial charge in [0.2, 0.25) is 16.9 Å². The van der Waals surface area contributed by atoms with Gasteiger partial charge in [0.25, 0.3) is 0 Å². The lowest BCUT2D eigenvalue weighted by molar-refractivity contribution is 0.278. The standard InChI is InChI=1S/C38H32O10S/c1-24-14-17-28(18-15-24)49(41,42)48-38-35(40)33-31(21-32(37(44-3)34(33)39)46-23-26-12-8-5-9-13-26)47-36(38)27-16-19-29(30(20-27)43-2)45-22-25-10-6-4-7-11-25/h4-21,39H,22-23H2,1-3H3. The van der Waals surface area contributed by atoms with E-state index >= 15 is 0 Å². The molecule has 6 rings (SSSR count). The van der Waals surface area contributed by atoms with Gasteiger partial charge in [-0.25, -0.2) is 0 Å². The van der Waals surface area contributed by atoms with E-state index in [1.54, 1.807) is 24.3 Å². The van der Waals surface area contributed by atoms with Crippen molar-refractivity contribution in [3.63, 3.8) is 0 Å². The topological polar surface area (TPSA) is 131 Å². The van der Waals surface area contributed by atoms with Crippen LogP contribution in [0, 0.1) is 6.92 Å². The van der Waals surface area contributed by atoms with Crippen LogP contribution in [-0.4, -0.2) is 27.7 Å². The minimum atomic E-state index is -4.54. The van der Waals surface area contributed by atoms with Gasteiger partial charge in [-0.15, -0.1) is 0 Å². The molecule has 49 heavy (non-hydrogen) atoms. The molecular weight excluding hydrogens is 648 g/mol. The van der Waals surface area contributed by atoms with E-state index in [1.165, 1.54) is 38.5 Å². The summed E-state index contributed by atoms with van der Waals surface area (Å²) in [5, 5.41) is 10.9. The summed E-state index contributed by atoms with van der Waals surface area (Å²) in [6, 6.07) is 30.9. The minimum absolute atomic E-state index is 0.0913. The third-order valence-corrected chi connectivity index (χ3v) is 8.88. The first-order valence-electron chi connectivity index (χ1n) is 15.1. The van der Waals surface area contributed by atoms with Gasteiger partial charge in [-0.3, -0.25) is 4.79 Å². The van der Waals surface area contributed by atoms with Crippen molar-refractivity contribution < 1.29 is 41.1 Å². The molecule has 1 heterocycles. The summed E-state index contributed by atoms with van der Waals surface area (Å²) in [6.45, 7) is 2.19. The first-order valence-corrected chi connectivity index (χ1v) is 16.5. The molecule has 0 aliphatic heterocycles. The Labute approximate surface area is 282 Å². The second-order valence-corrected chi connectivity index (χ2v) is 12.5. The molecule has 0 bridgehead atoms. The number of phenolic OH excluding ortho intramolecular Hbond substituents is 1. The molecule has 250 valence electrons. The molecule has 5 aromatic carbocycles. The van der Waals surface area contributed by atoms with E-state index in [9.17, 15) is 18.3 Å². The Morgan fingerprint density at radius 1 is 0.694 bits per heavy atom. The van der Waals surface area contributed by atoms with Crippen LogP contribution in [0.1, 0.15) is 16.7 Å². The van der Waals surface area contributed by atoms with Crippen LogP contribution in [0.15, 0.2) is 123 Å². The molecule has 1 N–H and O–H groups in total. The molecule has 10 nitrogen and oxygen atoms in total. The predicted octanol–water partition coefficient (Wildman–Crippen LogP) is 7.42. The Kier molecular flexibility index (Phi) is 9.45. The summed E-state index contributed by atoms with van der Waals surface area (Å²) in [4.78, 5) is 14.0. The largest absolute Gasteiger partial charge is 0.504 e. The quantitative estimate of drug-likeness (QED) is 0.130. The normalized spacial score (nSPS) is 11.2. The summed E-state index contributed by atoms with van der Waals surface area (Å²) >= 11 is 0. The highest BCUT2D eigenvalue weighted by Gasteiger charge is 2.29. The van der Waals surface area contributed by atoms with Gasteiger partial charge in [0.15, 0.2) is 28.8 Å². The maximum atomic E-state index is 14.2. The smallest absolute Gasteiger partial charge is 0.339 e. The Hall–Kier alpha value is -5.94. The molecule has 0 amide bonds. The van der Waals surface area contributed by atoms with E-state index in [2.05, 4.69) is 0 Å². The van der Waals surface area contributed by atoms with E-state index in [0.29, 0.717) is 5.75 Å². The molecule has 0 aliphatic carbocycles. The van der Waals surface area contributed by atoms with Gasteiger partial charge in [0.05, 0.1) is 14.2 Å². The zero-order chi connectivity index (χ0) is 34.5. The fraction of sp³-hybridized carbons (Fsp3) is 0.132. The average molecular weight is 681 g/mol. The van der Waals surface area contributed by atoms with Gasteiger partial charge < -0.3 is 32.7 Å². The van der Waals surface area contributed by atoms with E-state index in [1.807, 2.05) is 67.6 Å². The number of phenols is 1. The van der Waals surface area contributed by atoms with Crippen LogP contribution in [0.4, 0.5) is 0 Å². The molecule has 11 heteroatoms. The van der Waals surface area contributed by atoms with Gasteiger partial charge >= 0.3 is 10.1 Å². The van der Waals surface area contributed by atoms with E-state index in [4.69, 9.17) is 27.5 Å². The van der Waals surface area contributed by atoms with Crippen molar-refractivity contribution in [3.05, 3.63) is 136 Å². The molecule has 0 saturated carbocycles. The zero-order valence-corrected chi connectivity index (χ0v) is 27.7. The maximum Gasteiger partial charge on any atom is 0.339 e. The van der Waals surface area contributed by atoms with Gasteiger partial charge in [0, 0.05) is 11.6 Å².